The van der Waals surface area contributed by atoms with E-state index < -0.39 is 20.8 Å². The summed E-state index contributed by atoms with van der Waals surface area (Å²) in [4.78, 5) is 5.99. The molecule has 0 unspecified atom stereocenters. The maximum atomic E-state index is 8.52. The fourth-order valence-corrected chi connectivity index (χ4v) is 1.16. The molecule has 2 rings (SSSR count). The van der Waals surface area contributed by atoms with Gasteiger partial charge in [0.25, 0.3) is 0 Å². The average Bonchev–Trinajstić information content (AvgIpc) is 2.37. The monoisotopic (exact) mass is 556 g/mol. The molecule has 0 aliphatic heterocycles. The standard InChI is InChI=1S/C10H8N2.Fe.2H2O4S.8H2O/c1-5-11-6-2-9(1)10-3-7-12-8-4-10;;2*1-5(2,3)4;;;;;;;;/h1-8H;;2*(H2,1,2,3,4);8*1H2/q;+2;;;;;;;;;;/p+4. The summed E-state index contributed by atoms with van der Waals surface area (Å²) >= 11 is 0. The van der Waals surface area contributed by atoms with E-state index in [1.165, 1.54) is 11.1 Å². The second kappa shape index (κ2) is 30.4. The van der Waals surface area contributed by atoms with Gasteiger partial charge in [0.05, 0.1) is 0 Å². The van der Waals surface area contributed by atoms with Crippen molar-refractivity contribution in [3.05, 3.63) is 49.1 Å². The fourth-order valence-electron chi connectivity index (χ4n) is 1.16. The maximum Gasteiger partial charge on any atom is 2.00 e. The van der Waals surface area contributed by atoms with Crippen molar-refractivity contribution in [2.75, 3.05) is 0 Å². The second-order valence-corrected chi connectivity index (χ2v) is 5.03. The molecule has 2 aromatic heterocycles. The molecule has 24 N–H and O–H groups in total. The third-order valence-corrected chi connectivity index (χ3v) is 1.77. The van der Waals surface area contributed by atoms with Crippen LogP contribution in [0.25, 0.3) is 11.1 Å². The van der Waals surface area contributed by atoms with Crippen LogP contribution in [-0.4, -0.2) is 46.0 Å². The van der Waals surface area contributed by atoms with Gasteiger partial charge in [0, 0.05) is 45.1 Å². The van der Waals surface area contributed by atoms with Gasteiger partial charge in [-0.1, -0.05) is 0 Å². The number of rotatable bonds is 1. The van der Waals surface area contributed by atoms with Crippen molar-refractivity contribution >= 4 is 20.8 Å². The van der Waals surface area contributed by atoms with E-state index >= 15 is 0 Å². The largest absolute Gasteiger partial charge is 2.00 e. The Hall–Kier alpha value is -1.76. The molecule has 192 valence electrons. The van der Waals surface area contributed by atoms with E-state index in [4.69, 9.17) is 35.0 Å². The smallest absolute Gasteiger partial charge is 0.759 e. The van der Waals surface area contributed by atoms with E-state index in [1.807, 2.05) is 24.8 Å². The minimum absolute atomic E-state index is 0. The van der Waals surface area contributed by atoms with Crippen molar-refractivity contribution in [1.29, 1.82) is 0 Å². The van der Waals surface area contributed by atoms with Gasteiger partial charge < -0.3 is 62.0 Å². The van der Waals surface area contributed by atoms with E-state index in [1.54, 1.807) is 0 Å². The van der Waals surface area contributed by atoms with Gasteiger partial charge in [-0.2, -0.15) is 0 Å². The van der Waals surface area contributed by atoms with Gasteiger partial charge in [-0.15, -0.1) is 0 Å². The summed E-state index contributed by atoms with van der Waals surface area (Å²) in [6.07, 6.45) is 7.69. The molecule has 0 amide bonds. The van der Waals surface area contributed by atoms with Gasteiger partial charge in [-0.3, -0.25) is 16.8 Å². The minimum Gasteiger partial charge on any atom is -0.759 e. The fraction of sp³-hybridized carbons (Fsp3) is 0. The van der Waals surface area contributed by atoms with Crippen LogP contribution in [0.15, 0.2) is 49.1 Å². The molecule has 21 heteroatoms. The van der Waals surface area contributed by atoms with Crippen LogP contribution in [0.1, 0.15) is 0 Å². The molecule has 0 saturated heterocycles. The quantitative estimate of drug-likeness (QED) is 0.140. The number of pyridine rings is 2. The van der Waals surface area contributed by atoms with Crippen LogP contribution in [0.4, 0.5) is 0 Å². The van der Waals surface area contributed by atoms with Gasteiger partial charge in [-0.05, 0) is 11.1 Å². The minimum atomic E-state index is -5.17. The Morgan fingerprint density at radius 1 is 0.516 bits per heavy atom. The maximum absolute atomic E-state index is 8.52. The Morgan fingerprint density at radius 2 is 0.645 bits per heavy atom. The van der Waals surface area contributed by atoms with Gasteiger partial charge in [-0.25, -0.2) is 9.97 Å². The Morgan fingerprint density at radius 3 is 0.774 bits per heavy atom. The second-order valence-electron chi connectivity index (χ2n) is 3.39. The molecule has 0 saturated carbocycles. The van der Waals surface area contributed by atoms with Crippen molar-refractivity contribution < 1.29 is 106 Å². The molecule has 0 radical (unpaired) electrons. The van der Waals surface area contributed by atoms with E-state index in [0.29, 0.717) is 0 Å². The zero-order valence-electron chi connectivity index (χ0n) is 15.5. The van der Waals surface area contributed by atoms with Crippen molar-refractivity contribution in [2.24, 2.45) is 0 Å². The van der Waals surface area contributed by atoms with Gasteiger partial charge in [0.15, 0.2) is 24.8 Å². The van der Waals surface area contributed by atoms with Crippen molar-refractivity contribution in [2.45, 2.75) is 0 Å². The summed E-state index contributed by atoms with van der Waals surface area (Å²) in [5.74, 6) is 0. The molecule has 2 aromatic rings. The summed E-state index contributed by atoms with van der Waals surface area (Å²) in [5.41, 5.74) is 2.45. The molecule has 0 aliphatic rings. The first-order valence-corrected chi connectivity index (χ1v) is 7.89. The zero-order chi connectivity index (χ0) is 17.2. The van der Waals surface area contributed by atoms with Crippen LogP contribution >= 0.6 is 0 Å². The summed E-state index contributed by atoms with van der Waals surface area (Å²) in [6, 6.07) is 8.20. The normalized spacial score (nSPS) is 7.48. The zero-order valence-corrected chi connectivity index (χ0v) is 18.3. The van der Waals surface area contributed by atoms with E-state index in [-0.39, 0.29) is 60.9 Å². The first kappa shape index (κ1) is 63.0. The summed E-state index contributed by atoms with van der Waals surface area (Å²) < 4.78 is 68.2. The molecule has 18 nitrogen and oxygen atoms in total. The third kappa shape index (κ3) is 58.4. The molecular weight excluding hydrogens is 524 g/mol. The third-order valence-electron chi connectivity index (χ3n) is 1.77. The Kier molecular flexibility index (Phi) is 61.8. The predicted molar refractivity (Wildman–Crippen MR) is 102 cm³/mol. The van der Waals surface area contributed by atoms with Crippen LogP contribution in [0.2, 0.25) is 0 Å². The average molecular weight is 556 g/mol. The van der Waals surface area contributed by atoms with Gasteiger partial charge in [0.1, 0.15) is 0 Å². The van der Waals surface area contributed by atoms with Gasteiger partial charge in [0.2, 0.25) is 0 Å². The Balaban J connectivity index is -0.0000000260. The Bertz CT molecular complexity index is 680. The molecular formula is C10H32FeN2O16S2+6. The molecule has 0 atom stereocenters. The SMILES string of the molecule is O.O.O=S(=O)([O-])[O-].O=S(=O)([O-])[O-].[Fe+2].[OH3+].[OH3+].[OH3+].[OH3+].[OH3+].[OH3+].c1cc(-c2cc[nH+]cc2)cc[nH+]1. The van der Waals surface area contributed by atoms with E-state index in [2.05, 4.69) is 34.2 Å². The molecule has 0 bridgehead atoms. The molecule has 0 spiro atoms. The summed E-state index contributed by atoms with van der Waals surface area (Å²) in [7, 11) is -10.3. The number of aromatic amines is 2. The number of H-pyrrole nitrogens is 2. The summed E-state index contributed by atoms with van der Waals surface area (Å²) in [5, 5.41) is 0. The number of hydrogen-bond acceptors (Lipinski definition) is 8. The number of hydrogen-bond donors (Lipinski definition) is 0. The summed E-state index contributed by atoms with van der Waals surface area (Å²) in [6.45, 7) is 0. The van der Waals surface area contributed by atoms with Crippen LogP contribution in [-0.2, 0) is 70.7 Å². The Labute approximate surface area is 187 Å². The number of aromatic nitrogens is 2. The molecule has 0 fully saturated rings. The molecule has 2 heterocycles. The molecule has 0 aromatic carbocycles. The van der Waals surface area contributed by atoms with E-state index in [9.17, 15) is 0 Å². The van der Waals surface area contributed by atoms with Crippen molar-refractivity contribution in [1.82, 2.24) is 0 Å². The molecule has 31 heavy (non-hydrogen) atoms. The van der Waals surface area contributed by atoms with Gasteiger partial charge >= 0.3 is 17.1 Å². The van der Waals surface area contributed by atoms with Crippen LogP contribution in [0.5, 0.6) is 0 Å². The van der Waals surface area contributed by atoms with Crippen LogP contribution in [0, 0.1) is 0 Å². The van der Waals surface area contributed by atoms with Crippen molar-refractivity contribution in [3.8, 4) is 11.1 Å². The van der Waals surface area contributed by atoms with E-state index in [0.717, 1.165) is 0 Å². The molecule has 0 aliphatic carbocycles. The predicted octanol–water partition coefficient (Wildman–Crippen LogP) is -8.88. The van der Waals surface area contributed by atoms with Crippen LogP contribution < -0.4 is 9.97 Å². The van der Waals surface area contributed by atoms with Crippen molar-refractivity contribution in [3.63, 3.8) is 0 Å². The number of nitrogens with one attached hydrogen (secondary N) is 2. The first-order valence-electron chi connectivity index (χ1n) is 5.23. The topological polar surface area (TPSA) is 450 Å². The van der Waals surface area contributed by atoms with Crippen LogP contribution in [0.3, 0.4) is 0 Å². The first-order chi connectivity index (χ1) is 9.97.